The Kier molecular flexibility index (Phi) is 5.20. The van der Waals surface area contributed by atoms with Crippen molar-refractivity contribution in [2.45, 2.75) is 13.5 Å². The van der Waals surface area contributed by atoms with E-state index in [0.29, 0.717) is 0 Å². The number of benzene rings is 1. The van der Waals surface area contributed by atoms with Gasteiger partial charge >= 0.3 is 0 Å². The fourth-order valence-electron chi connectivity index (χ4n) is 2.82. The third-order valence-corrected chi connectivity index (χ3v) is 4.49. The predicted octanol–water partition coefficient (Wildman–Crippen LogP) is 1.95. The summed E-state index contributed by atoms with van der Waals surface area (Å²) in [6, 6.07) is 10.5. The molecule has 0 aliphatic carbocycles. The van der Waals surface area contributed by atoms with Crippen LogP contribution in [0, 0.1) is 6.92 Å². The van der Waals surface area contributed by atoms with Gasteiger partial charge in [-0.15, -0.1) is 10.2 Å². The quantitative estimate of drug-likeness (QED) is 0.846. The summed E-state index contributed by atoms with van der Waals surface area (Å²) >= 11 is 0. The van der Waals surface area contributed by atoms with Gasteiger partial charge in [0, 0.05) is 39.8 Å². The van der Waals surface area contributed by atoms with E-state index in [9.17, 15) is 0 Å². The molecule has 2 aromatic rings. The van der Waals surface area contributed by atoms with Gasteiger partial charge in [-0.05, 0) is 12.5 Å². The maximum Gasteiger partial charge on any atom is 0.146 e. The van der Waals surface area contributed by atoms with Crippen molar-refractivity contribution in [2.75, 3.05) is 32.7 Å². The zero-order chi connectivity index (χ0) is 16.1. The molecule has 3 rings (SSSR count). The van der Waals surface area contributed by atoms with Crippen LogP contribution in [0.3, 0.4) is 0 Å². The average Bonchev–Trinajstić information content (AvgIpc) is 2.89. The van der Waals surface area contributed by atoms with E-state index in [1.54, 1.807) is 0 Å². The van der Waals surface area contributed by atoms with Crippen LogP contribution in [0.15, 0.2) is 36.4 Å². The summed E-state index contributed by atoms with van der Waals surface area (Å²) in [6.45, 7) is 8.30. The van der Waals surface area contributed by atoms with E-state index < -0.39 is 0 Å². The van der Waals surface area contributed by atoms with E-state index in [1.807, 2.05) is 14.0 Å². The summed E-state index contributed by atoms with van der Waals surface area (Å²) in [6.07, 6.45) is 4.46. The molecule has 5 heteroatoms. The molecule has 2 heterocycles. The zero-order valence-corrected chi connectivity index (χ0v) is 14.0. The minimum Gasteiger partial charge on any atom is -0.317 e. The number of rotatable bonds is 5. The Morgan fingerprint density at radius 2 is 1.70 bits per heavy atom. The average molecular weight is 311 g/mol. The first kappa shape index (κ1) is 15.9. The lowest BCUT2D eigenvalue weighted by molar-refractivity contribution is 0.133. The largest absolute Gasteiger partial charge is 0.317 e. The van der Waals surface area contributed by atoms with Gasteiger partial charge in [-0.25, -0.2) is 0 Å². The molecule has 1 aromatic heterocycles. The molecule has 1 aromatic carbocycles. The van der Waals surface area contributed by atoms with Crippen molar-refractivity contribution in [2.24, 2.45) is 7.05 Å². The summed E-state index contributed by atoms with van der Waals surface area (Å²) in [4.78, 5) is 4.96. The van der Waals surface area contributed by atoms with Gasteiger partial charge in [-0.3, -0.25) is 9.80 Å². The molecular weight excluding hydrogens is 286 g/mol. The number of piperazine rings is 1. The van der Waals surface area contributed by atoms with Crippen LogP contribution >= 0.6 is 0 Å². The highest BCUT2D eigenvalue weighted by atomic mass is 15.3. The molecule has 0 spiro atoms. The molecule has 1 fully saturated rings. The van der Waals surface area contributed by atoms with E-state index in [-0.39, 0.29) is 0 Å². The fraction of sp³-hybridized carbons (Fsp3) is 0.444. The zero-order valence-electron chi connectivity index (χ0n) is 14.0. The Labute approximate surface area is 138 Å². The number of nitrogens with zero attached hydrogens (tertiary/aromatic N) is 5. The van der Waals surface area contributed by atoms with Crippen LogP contribution in [0.1, 0.15) is 17.2 Å². The monoisotopic (exact) mass is 311 g/mol. The summed E-state index contributed by atoms with van der Waals surface area (Å²) < 4.78 is 2.08. The van der Waals surface area contributed by atoms with E-state index in [0.717, 1.165) is 50.9 Å². The molecule has 0 bridgehead atoms. The Morgan fingerprint density at radius 1 is 1.00 bits per heavy atom. The topological polar surface area (TPSA) is 37.2 Å². The van der Waals surface area contributed by atoms with Crippen LogP contribution in [0.25, 0.3) is 6.08 Å². The number of hydrogen-bond donors (Lipinski definition) is 0. The second-order valence-corrected chi connectivity index (χ2v) is 6.11. The second-order valence-electron chi connectivity index (χ2n) is 6.11. The molecule has 122 valence electrons. The first-order chi connectivity index (χ1) is 11.2. The molecule has 1 aliphatic rings. The number of aromatic nitrogens is 3. The Balaban J connectivity index is 1.43. The van der Waals surface area contributed by atoms with Gasteiger partial charge in [-0.2, -0.15) is 0 Å². The highest BCUT2D eigenvalue weighted by Gasteiger charge is 2.18. The third-order valence-electron chi connectivity index (χ3n) is 4.49. The maximum atomic E-state index is 4.26. The summed E-state index contributed by atoms with van der Waals surface area (Å²) in [5.41, 5.74) is 1.27. The van der Waals surface area contributed by atoms with Crippen LogP contribution in [-0.2, 0) is 13.6 Å². The smallest absolute Gasteiger partial charge is 0.146 e. The highest BCUT2D eigenvalue weighted by Crippen LogP contribution is 2.08. The van der Waals surface area contributed by atoms with Gasteiger partial charge in [0.25, 0.3) is 0 Å². The van der Waals surface area contributed by atoms with Gasteiger partial charge in [0.15, 0.2) is 0 Å². The second kappa shape index (κ2) is 7.53. The van der Waals surface area contributed by atoms with Crippen molar-refractivity contribution in [1.82, 2.24) is 24.6 Å². The van der Waals surface area contributed by atoms with Crippen molar-refractivity contribution in [3.63, 3.8) is 0 Å². The minimum atomic E-state index is 0.894. The van der Waals surface area contributed by atoms with Crippen LogP contribution in [0.2, 0.25) is 0 Å². The van der Waals surface area contributed by atoms with E-state index in [2.05, 4.69) is 67.0 Å². The minimum absolute atomic E-state index is 0.894. The number of hydrogen-bond acceptors (Lipinski definition) is 4. The van der Waals surface area contributed by atoms with Gasteiger partial charge in [0.1, 0.15) is 11.6 Å². The molecule has 1 saturated heterocycles. The third kappa shape index (κ3) is 4.27. The predicted molar refractivity (Wildman–Crippen MR) is 92.9 cm³/mol. The van der Waals surface area contributed by atoms with Gasteiger partial charge in [-0.1, -0.05) is 42.5 Å². The Morgan fingerprint density at radius 3 is 2.35 bits per heavy atom. The summed E-state index contributed by atoms with van der Waals surface area (Å²) in [7, 11) is 2.04. The standard InChI is InChI=1S/C18H25N5/c1-16-19-20-18(21(16)2)15-23-13-11-22(12-14-23)10-6-9-17-7-4-3-5-8-17/h3-9H,10-15H2,1-2H3/b9-6+. The van der Waals surface area contributed by atoms with E-state index in [1.165, 1.54) is 5.56 Å². The van der Waals surface area contributed by atoms with Crippen LogP contribution in [0.5, 0.6) is 0 Å². The van der Waals surface area contributed by atoms with Gasteiger partial charge in [0.2, 0.25) is 0 Å². The van der Waals surface area contributed by atoms with Crippen molar-refractivity contribution < 1.29 is 0 Å². The molecule has 0 atom stereocenters. The molecule has 0 unspecified atom stereocenters. The van der Waals surface area contributed by atoms with Crippen molar-refractivity contribution >= 4 is 6.08 Å². The molecule has 0 N–H and O–H groups in total. The van der Waals surface area contributed by atoms with Crippen molar-refractivity contribution in [1.29, 1.82) is 0 Å². The Hall–Kier alpha value is -1.98. The SMILES string of the molecule is Cc1nnc(CN2CCN(C/C=C/c3ccccc3)CC2)n1C. The van der Waals surface area contributed by atoms with Crippen molar-refractivity contribution in [3.8, 4) is 0 Å². The van der Waals surface area contributed by atoms with Crippen LogP contribution < -0.4 is 0 Å². The molecule has 0 amide bonds. The fourth-order valence-corrected chi connectivity index (χ4v) is 2.82. The van der Waals surface area contributed by atoms with Gasteiger partial charge < -0.3 is 4.57 Å². The lowest BCUT2D eigenvalue weighted by Crippen LogP contribution is -2.46. The lowest BCUT2D eigenvalue weighted by atomic mass is 10.2. The van der Waals surface area contributed by atoms with Crippen molar-refractivity contribution in [3.05, 3.63) is 53.6 Å². The summed E-state index contributed by atoms with van der Waals surface area (Å²) in [5.74, 6) is 2.03. The van der Waals surface area contributed by atoms with E-state index in [4.69, 9.17) is 0 Å². The normalized spacial score (nSPS) is 17.1. The number of aryl methyl sites for hydroxylation is 1. The lowest BCUT2D eigenvalue weighted by Gasteiger charge is -2.33. The maximum absolute atomic E-state index is 4.26. The van der Waals surface area contributed by atoms with Gasteiger partial charge in [0.05, 0.1) is 6.54 Å². The van der Waals surface area contributed by atoms with E-state index >= 15 is 0 Å². The molecule has 1 aliphatic heterocycles. The molecule has 0 radical (unpaired) electrons. The molecule has 0 saturated carbocycles. The molecule has 23 heavy (non-hydrogen) atoms. The first-order valence-corrected chi connectivity index (χ1v) is 8.23. The first-order valence-electron chi connectivity index (χ1n) is 8.23. The van der Waals surface area contributed by atoms with Crippen LogP contribution in [-0.4, -0.2) is 57.3 Å². The Bertz CT molecular complexity index is 639. The van der Waals surface area contributed by atoms with Crippen LogP contribution in [0.4, 0.5) is 0 Å². The molecule has 5 nitrogen and oxygen atoms in total. The highest BCUT2D eigenvalue weighted by molar-refractivity contribution is 5.48. The summed E-state index contributed by atoms with van der Waals surface area (Å²) in [5, 5.41) is 8.39. The molecular formula is C18H25N5.